The molecule has 0 saturated carbocycles. The van der Waals surface area contributed by atoms with E-state index in [-0.39, 0.29) is 0 Å². The Morgan fingerprint density at radius 3 is 2.41 bits per heavy atom. The Balaban J connectivity index is 1.57. The second-order valence-corrected chi connectivity index (χ2v) is 5.27. The summed E-state index contributed by atoms with van der Waals surface area (Å²) in [6.45, 7) is 4.00. The second-order valence-electron chi connectivity index (χ2n) is 5.27. The van der Waals surface area contributed by atoms with Crippen molar-refractivity contribution in [2.75, 3.05) is 31.1 Å². The van der Waals surface area contributed by atoms with Gasteiger partial charge in [0, 0.05) is 50.7 Å². The Morgan fingerprint density at radius 2 is 1.86 bits per heavy atom. The van der Waals surface area contributed by atoms with Crippen LogP contribution in [0.15, 0.2) is 30.7 Å². The van der Waals surface area contributed by atoms with E-state index in [0.717, 1.165) is 50.6 Å². The quantitative estimate of drug-likeness (QED) is 0.943. The van der Waals surface area contributed by atoms with Crippen LogP contribution in [0.25, 0.3) is 0 Å². The van der Waals surface area contributed by atoms with Crippen molar-refractivity contribution < 1.29 is 13.2 Å². The van der Waals surface area contributed by atoms with Gasteiger partial charge in [-0.3, -0.25) is 10.00 Å². The van der Waals surface area contributed by atoms with Crippen molar-refractivity contribution in [3.63, 3.8) is 0 Å². The summed E-state index contributed by atoms with van der Waals surface area (Å²) in [5.41, 5.74) is 0.413. The molecule has 0 atom stereocenters. The number of hydrogen-bond donors (Lipinski definition) is 1. The minimum atomic E-state index is -4.34. The van der Waals surface area contributed by atoms with E-state index in [1.165, 1.54) is 6.07 Å². The van der Waals surface area contributed by atoms with Gasteiger partial charge in [0.1, 0.15) is 5.82 Å². The summed E-state index contributed by atoms with van der Waals surface area (Å²) < 4.78 is 37.6. The zero-order valence-corrected chi connectivity index (χ0v) is 11.8. The lowest BCUT2D eigenvalue weighted by atomic mass is 10.2. The molecule has 1 fully saturated rings. The maximum atomic E-state index is 12.5. The summed E-state index contributed by atoms with van der Waals surface area (Å²) in [7, 11) is 0. The predicted octanol–water partition coefficient (Wildman–Crippen LogP) is 2.15. The van der Waals surface area contributed by atoms with Crippen molar-refractivity contribution in [3.05, 3.63) is 41.9 Å². The van der Waals surface area contributed by atoms with Crippen LogP contribution in [0.2, 0.25) is 0 Å². The molecule has 0 radical (unpaired) electrons. The highest BCUT2D eigenvalue weighted by Gasteiger charge is 2.31. The number of pyridine rings is 1. The molecule has 3 heterocycles. The van der Waals surface area contributed by atoms with Crippen LogP contribution in [0.5, 0.6) is 0 Å². The fourth-order valence-electron chi connectivity index (χ4n) is 2.50. The highest BCUT2D eigenvalue weighted by molar-refractivity contribution is 5.40. The van der Waals surface area contributed by atoms with E-state index < -0.39 is 11.7 Å². The number of rotatable bonds is 3. The van der Waals surface area contributed by atoms with Gasteiger partial charge in [0.25, 0.3) is 0 Å². The number of H-pyrrole nitrogens is 1. The Hall–Kier alpha value is -2.09. The summed E-state index contributed by atoms with van der Waals surface area (Å²) in [4.78, 5) is 8.23. The lowest BCUT2D eigenvalue weighted by Gasteiger charge is -2.35. The van der Waals surface area contributed by atoms with Crippen LogP contribution in [0.4, 0.5) is 19.0 Å². The van der Waals surface area contributed by atoms with Gasteiger partial charge in [-0.2, -0.15) is 18.3 Å². The molecule has 8 heteroatoms. The van der Waals surface area contributed by atoms with E-state index in [9.17, 15) is 13.2 Å². The monoisotopic (exact) mass is 311 g/mol. The van der Waals surface area contributed by atoms with Gasteiger partial charge >= 0.3 is 6.18 Å². The highest BCUT2D eigenvalue weighted by Crippen LogP contribution is 2.29. The van der Waals surface area contributed by atoms with Crippen molar-refractivity contribution in [2.24, 2.45) is 0 Å². The standard InChI is InChI=1S/C14H16F3N5/c15-14(16,17)12-1-2-13(18-9-12)22-5-3-21(4-6-22)10-11-7-19-20-8-11/h1-2,7-9H,3-6,10H2,(H,19,20). The smallest absolute Gasteiger partial charge is 0.354 e. The zero-order valence-electron chi connectivity index (χ0n) is 11.8. The first-order chi connectivity index (χ1) is 10.5. The molecule has 0 aromatic carbocycles. The maximum Gasteiger partial charge on any atom is 0.417 e. The van der Waals surface area contributed by atoms with E-state index in [1.54, 1.807) is 6.20 Å². The predicted molar refractivity (Wildman–Crippen MR) is 75.3 cm³/mol. The number of anilines is 1. The first kappa shape index (κ1) is 14.8. The van der Waals surface area contributed by atoms with Crippen LogP contribution in [-0.2, 0) is 12.7 Å². The third-order valence-electron chi connectivity index (χ3n) is 3.73. The van der Waals surface area contributed by atoms with Crippen LogP contribution in [0, 0.1) is 0 Å². The number of hydrogen-bond acceptors (Lipinski definition) is 4. The molecule has 1 aliphatic rings. The van der Waals surface area contributed by atoms with Crippen molar-refractivity contribution in [1.82, 2.24) is 20.1 Å². The number of piperazine rings is 1. The lowest BCUT2D eigenvalue weighted by Crippen LogP contribution is -2.46. The first-order valence-corrected chi connectivity index (χ1v) is 7.00. The van der Waals surface area contributed by atoms with Gasteiger partial charge in [0.15, 0.2) is 0 Å². The molecule has 2 aromatic heterocycles. The molecule has 118 valence electrons. The third kappa shape index (κ3) is 3.38. The number of aromatic nitrogens is 3. The molecule has 3 rings (SSSR count). The fraction of sp³-hybridized carbons (Fsp3) is 0.429. The fourth-order valence-corrected chi connectivity index (χ4v) is 2.50. The second kappa shape index (κ2) is 5.96. The zero-order chi connectivity index (χ0) is 15.6. The van der Waals surface area contributed by atoms with E-state index in [4.69, 9.17) is 0 Å². The summed E-state index contributed by atoms with van der Waals surface area (Å²) in [5.74, 6) is 0.593. The van der Waals surface area contributed by atoms with Crippen LogP contribution in [0.1, 0.15) is 11.1 Å². The Morgan fingerprint density at radius 1 is 1.09 bits per heavy atom. The molecular formula is C14H16F3N5. The number of nitrogens with one attached hydrogen (secondary N) is 1. The van der Waals surface area contributed by atoms with E-state index in [1.807, 2.05) is 11.1 Å². The normalized spacial score (nSPS) is 17.0. The van der Waals surface area contributed by atoms with Crippen molar-refractivity contribution in [1.29, 1.82) is 0 Å². The van der Waals surface area contributed by atoms with Gasteiger partial charge in [0.05, 0.1) is 11.8 Å². The molecule has 1 aliphatic heterocycles. The Labute approximate surface area is 125 Å². The molecule has 2 aromatic rings. The Bertz CT molecular complexity index is 586. The third-order valence-corrected chi connectivity index (χ3v) is 3.73. The highest BCUT2D eigenvalue weighted by atomic mass is 19.4. The van der Waals surface area contributed by atoms with Gasteiger partial charge in [-0.1, -0.05) is 0 Å². The molecular weight excluding hydrogens is 295 g/mol. The van der Waals surface area contributed by atoms with E-state index in [2.05, 4.69) is 20.1 Å². The van der Waals surface area contributed by atoms with E-state index >= 15 is 0 Å². The van der Waals surface area contributed by atoms with Gasteiger partial charge in [0.2, 0.25) is 0 Å². The van der Waals surface area contributed by atoms with Gasteiger partial charge in [-0.25, -0.2) is 4.98 Å². The molecule has 0 amide bonds. The minimum Gasteiger partial charge on any atom is -0.354 e. The summed E-state index contributed by atoms with van der Waals surface area (Å²) in [6, 6.07) is 2.52. The minimum absolute atomic E-state index is 0.593. The van der Waals surface area contributed by atoms with Crippen molar-refractivity contribution in [3.8, 4) is 0 Å². The summed E-state index contributed by atoms with van der Waals surface area (Å²) in [6.07, 6.45) is 0.218. The number of aromatic amines is 1. The molecule has 5 nitrogen and oxygen atoms in total. The SMILES string of the molecule is FC(F)(F)c1ccc(N2CCN(Cc3cn[nH]c3)CC2)nc1. The molecule has 1 saturated heterocycles. The van der Waals surface area contributed by atoms with Crippen molar-refractivity contribution >= 4 is 5.82 Å². The summed E-state index contributed by atoms with van der Waals surface area (Å²) in [5, 5.41) is 6.70. The largest absolute Gasteiger partial charge is 0.417 e. The number of nitrogens with zero attached hydrogens (tertiary/aromatic N) is 4. The Kier molecular flexibility index (Phi) is 4.02. The average molecular weight is 311 g/mol. The summed E-state index contributed by atoms with van der Waals surface area (Å²) >= 11 is 0. The number of alkyl halides is 3. The van der Waals surface area contributed by atoms with Crippen LogP contribution >= 0.6 is 0 Å². The molecule has 0 bridgehead atoms. The molecule has 0 spiro atoms. The first-order valence-electron chi connectivity index (χ1n) is 7.00. The topological polar surface area (TPSA) is 48.0 Å². The van der Waals surface area contributed by atoms with Gasteiger partial charge in [-0.15, -0.1) is 0 Å². The maximum absolute atomic E-state index is 12.5. The van der Waals surface area contributed by atoms with Gasteiger partial charge in [-0.05, 0) is 12.1 Å². The van der Waals surface area contributed by atoms with Crippen molar-refractivity contribution in [2.45, 2.75) is 12.7 Å². The van der Waals surface area contributed by atoms with Crippen LogP contribution in [0.3, 0.4) is 0 Å². The molecule has 0 unspecified atom stereocenters. The lowest BCUT2D eigenvalue weighted by molar-refractivity contribution is -0.137. The molecule has 1 N–H and O–H groups in total. The van der Waals surface area contributed by atoms with Gasteiger partial charge < -0.3 is 4.90 Å². The molecule has 0 aliphatic carbocycles. The molecule has 22 heavy (non-hydrogen) atoms. The average Bonchev–Trinajstić information content (AvgIpc) is 3.00. The van der Waals surface area contributed by atoms with E-state index in [0.29, 0.717) is 5.82 Å². The van der Waals surface area contributed by atoms with Crippen LogP contribution < -0.4 is 4.90 Å². The number of halogens is 3. The van der Waals surface area contributed by atoms with Crippen LogP contribution in [-0.4, -0.2) is 46.3 Å².